The number of rotatable bonds is 11. The van der Waals surface area contributed by atoms with E-state index in [9.17, 15) is 19.7 Å². The molecule has 51 heavy (non-hydrogen) atoms. The summed E-state index contributed by atoms with van der Waals surface area (Å²) in [6, 6.07) is 26.3. The Morgan fingerprint density at radius 1 is 1.06 bits per heavy atom. The molecule has 0 saturated carbocycles. The van der Waals surface area contributed by atoms with E-state index in [1.165, 1.54) is 30.6 Å². The van der Waals surface area contributed by atoms with E-state index >= 15 is 0 Å². The average molecular weight is 769 g/mol. The summed E-state index contributed by atoms with van der Waals surface area (Å²) in [6.07, 6.45) is 1.76. The molecule has 1 atom stereocenters. The van der Waals surface area contributed by atoms with E-state index in [4.69, 9.17) is 19.2 Å². The number of carbonyl (C=O) groups is 1. The smallest absolute Gasteiger partial charge is 0.338 e. The lowest BCUT2D eigenvalue weighted by atomic mass is 9.91. The standard InChI is InChI=1S/C39H34BrN3O7S/c1-5-49-38(45)33-34(27-9-7-6-8-10-27)41-39-42(35(33)28-15-13-26(14-16-28)23(2)3)37(44)32(51-39)21-25-19-30(40)36(31(20-25)48-4)50-22-24-11-17-29(18-12-24)43(46)47/h6-21,23,35H,5,22H2,1-4H3/b32-21-/t35-/m0/s1. The molecule has 4 aromatic carbocycles. The number of nitrogens with zero attached hydrogens (tertiary/aromatic N) is 3. The highest BCUT2D eigenvalue weighted by molar-refractivity contribution is 9.10. The van der Waals surface area contributed by atoms with Crippen molar-refractivity contribution in [1.82, 2.24) is 4.57 Å². The lowest BCUT2D eigenvalue weighted by Crippen LogP contribution is -2.40. The lowest BCUT2D eigenvalue weighted by molar-refractivity contribution is -0.384. The van der Waals surface area contributed by atoms with Crippen molar-refractivity contribution in [3.8, 4) is 11.5 Å². The number of carbonyl (C=O) groups excluding carboxylic acids is 1. The molecule has 0 aliphatic carbocycles. The average Bonchev–Trinajstić information content (AvgIpc) is 3.44. The molecule has 1 aromatic heterocycles. The van der Waals surface area contributed by atoms with Gasteiger partial charge in [0.1, 0.15) is 6.61 Å². The molecule has 12 heteroatoms. The maximum atomic E-state index is 14.4. The van der Waals surface area contributed by atoms with Crippen LogP contribution >= 0.6 is 27.3 Å². The first-order chi connectivity index (χ1) is 24.6. The number of thiazole rings is 1. The van der Waals surface area contributed by atoms with Crippen LogP contribution in [0, 0.1) is 10.1 Å². The van der Waals surface area contributed by atoms with Crippen LogP contribution in [0.2, 0.25) is 0 Å². The first-order valence-electron chi connectivity index (χ1n) is 16.2. The van der Waals surface area contributed by atoms with Gasteiger partial charge in [0.25, 0.3) is 11.2 Å². The third-order valence-corrected chi connectivity index (χ3v) is 9.94. The van der Waals surface area contributed by atoms with Gasteiger partial charge in [0, 0.05) is 17.7 Å². The fourth-order valence-corrected chi connectivity index (χ4v) is 7.38. The Bertz CT molecular complexity index is 2310. The monoisotopic (exact) mass is 767 g/mol. The van der Waals surface area contributed by atoms with Crippen molar-refractivity contribution in [2.45, 2.75) is 39.3 Å². The van der Waals surface area contributed by atoms with Crippen molar-refractivity contribution >= 4 is 50.7 Å². The van der Waals surface area contributed by atoms with E-state index in [1.54, 1.807) is 35.8 Å². The molecule has 0 unspecified atom stereocenters. The minimum atomic E-state index is -0.782. The molecule has 10 nitrogen and oxygen atoms in total. The van der Waals surface area contributed by atoms with E-state index in [0.29, 0.717) is 48.1 Å². The second-order valence-electron chi connectivity index (χ2n) is 12.0. The van der Waals surface area contributed by atoms with E-state index in [0.717, 1.165) is 22.3 Å². The molecular weight excluding hydrogens is 734 g/mol. The second kappa shape index (κ2) is 15.3. The topological polar surface area (TPSA) is 122 Å². The summed E-state index contributed by atoms with van der Waals surface area (Å²) in [5.74, 6) is 0.622. The summed E-state index contributed by atoms with van der Waals surface area (Å²) in [5, 5.41) is 11.0. The summed E-state index contributed by atoms with van der Waals surface area (Å²) in [5.41, 5.74) is 4.47. The highest BCUT2D eigenvalue weighted by Crippen LogP contribution is 2.38. The largest absolute Gasteiger partial charge is 0.493 e. The van der Waals surface area contributed by atoms with Gasteiger partial charge in [-0.1, -0.05) is 79.8 Å². The van der Waals surface area contributed by atoms with Gasteiger partial charge < -0.3 is 14.2 Å². The summed E-state index contributed by atoms with van der Waals surface area (Å²) in [7, 11) is 1.52. The van der Waals surface area contributed by atoms with Crippen molar-refractivity contribution in [3.63, 3.8) is 0 Å². The quantitative estimate of drug-likeness (QED) is 0.0785. The predicted octanol–water partition coefficient (Wildman–Crippen LogP) is 7.32. The Balaban J connectivity index is 1.46. The van der Waals surface area contributed by atoms with Crippen LogP contribution in [0.1, 0.15) is 60.5 Å². The first kappa shape index (κ1) is 35.5. The van der Waals surface area contributed by atoms with E-state index in [-0.39, 0.29) is 24.5 Å². The van der Waals surface area contributed by atoms with Crippen LogP contribution in [0.5, 0.6) is 11.5 Å². The van der Waals surface area contributed by atoms with Gasteiger partial charge in [0.2, 0.25) is 0 Å². The van der Waals surface area contributed by atoms with Crippen molar-refractivity contribution < 1.29 is 23.9 Å². The molecule has 0 amide bonds. The highest BCUT2D eigenvalue weighted by Gasteiger charge is 2.35. The Labute approximate surface area is 306 Å². The number of halogens is 1. The third-order valence-electron chi connectivity index (χ3n) is 8.37. The maximum absolute atomic E-state index is 14.4. The molecule has 0 N–H and O–H groups in total. The van der Waals surface area contributed by atoms with Gasteiger partial charge in [0.15, 0.2) is 16.3 Å². The van der Waals surface area contributed by atoms with Gasteiger partial charge in [0.05, 0.1) is 45.0 Å². The lowest BCUT2D eigenvalue weighted by Gasteiger charge is -2.26. The zero-order valence-electron chi connectivity index (χ0n) is 28.3. The highest BCUT2D eigenvalue weighted by atomic mass is 79.9. The van der Waals surface area contributed by atoms with Crippen LogP contribution < -0.4 is 24.4 Å². The van der Waals surface area contributed by atoms with Gasteiger partial charge in [-0.15, -0.1) is 0 Å². The van der Waals surface area contributed by atoms with Gasteiger partial charge in [-0.2, -0.15) is 0 Å². The molecule has 0 radical (unpaired) electrons. The number of methoxy groups -OCH3 is 1. The number of esters is 1. The Kier molecular flexibility index (Phi) is 10.6. The van der Waals surface area contributed by atoms with Gasteiger partial charge in [-0.25, -0.2) is 9.79 Å². The number of nitro benzene ring substituents is 1. The number of non-ortho nitro benzene ring substituents is 1. The number of hydrogen-bond donors (Lipinski definition) is 0. The molecule has 0 spiro atoms. The number of ether oxygens (including phenoxy) is 3. The van der Waals surface area contributed by atoms with Crippen LogP contribution in [-0.2, 0) is 16.1 Å². The molecular formula is C39H34BrN3O7S. The van der Waals surface area contributed by atoms with Crippen LogP contribution in [-0.4, -0.2) is 29.2 Å². The Morgan fingerprint density at radius 2 is 1.76 bits per heavy atom. The molecule has 1 aliphatic heterocycles. The minimum Gasteiger partial charge on any atom is -0.493 e. The zero-order chi connectivity index (χ0) is 36.2. The van der Waals surface area contributed by atoms with E-state index < -0.39 is 16.9 Å². The Hall–Kier alpha value is -5.33. The molecule has 0 saturated heterocycles. The molecule has 260 valence electrons. The van der Waals surface area contributed by atoms with Crippen LogP contribution in [0.15, 0.2) is 111 Å². The van der Waals surface area contributed by atoms with Crippen LogP contribution in [0.4, 0.5) is 5.69 Å². The number of nitro groups is 1. The fraction of sp³-hybridized carbons (Fsp3) is 0.205. The fourth-order valence-electron chi connectivity index (χ4n) is 5.80. The number of benzene rings is 4. The number of hydrogen-bond acceptors (Lipinski definition) is 9. The van der Waals surface area contributed by atoms with Crippen molar-refractivity contribution in [2.75, 3.05) is 13.7 Å². The molecule has 2 heterocycles. The van der Waals surface area contributed by atoms with Gasteiger partial charge >= 0.3 is 5.97 Å². The molecule has 5 aromatic rings. The number of fused-ring (bicyclic) bond motifs is 1. The summed E-state index contributed by atoms with van der Waals surface area (Å²) in [4.78, 5) is 44.1. The SMILES string of the molecule is CCOC(=O)C1=C(c2ccccc2)N=c2s/c(=C\c3cc(Br)c(OCc4ccc([N+](=O)[O-])cc4)c(OC)c3)c(=O)n2[C@H]1c1ccc(C(C)C)cc1. The van der Waals surface area contributed by atoms with Crippen LogP contribution in [0.3, 0.4) is 0 Å². The zero-order valence-corrected chi connectivity index (χ0v) is 30.7. The summed E-state index contributed by atoms with van der Waals surface area (Å²) in [6.45, 7) is 6.29. The maximum Gasteiger partial charge on any atom is 0.338 e. The minimum absolute atomic E-state index is 0.00379. The summed E-state index contributed by atoms with van der Waals surface area (Å²) < 4.78 is 19.9. The second-order valence-corrected chi connectivity index (χ2v) is 13.9. The molecule has 6 rings (SSSR count). The first-order valence-corrected chi connectivity index (χ1v) is 17.8. The van der Waals surface area contributed by atoms with Gasteiger partial charge in [-0.3, -0.25) is 19.5 Å². The molecule has 0 fully saturated rings. The van der Waals surface area contributed by atoms with Crippen LogP contribution in [0.25, 0.3) is 11.8 Å². The normalized spacial score (nSPS) is 14.2. The van der Waals surface area contributed by atoms with Crippen molar-refractivity contribution in [3.05, 3.63) is 159 Å². The summed E-state index contributed by atoms with van der Waals surface area (Å²) >= 11 is 4.82. The van der Waals surface area contributed by atoms with Crippen molar-refractivity contribution in [1.29, 1.82) is 0 Å². The molecule has 1 aliphatic rings. The van der Waals surface area contributed by atoms with Gasteiger partial charge in [-0.05, 0) is 81.4 Å². The van der Waals surface area contributed by atoms with Crippen molar-refractivity contribution in [2.24, 2.45) is 4.99 Å². The Morgan fingerprint density at radius 3 is 2.39 bits per heavy atom. The predicted molar refractivity (Wildman–Crippen MR) is 200 cm³/mol. The van der Waals surface area contributed by atoms with E-state index in [1.807, 2.05) is 60.7 Å². The molecule has 0 bridgehead atoms. The van der Waals surface area contributed by atoms with E-state index in [2.05, 4.69) is 29.8 Å². The number of aromatic nitrogens is 1. The third kappa shape index (κ3) is 7.42.